The predicted octanol–water partition coefficient (Wildman–Crippen LogP) is 2.63. The zero-order chi connectivity index (χ0) is 17.9. The molecule has 0 bridgehead atoms. The highest BCUT2D eigenvalue weighted by Gasteiger charge is 2.12. The summed E-state index contributed by atoms with van der Waals surface area (Å²) in [4.78, 5) is 4.48. The Kier molecular flexibility index (Phi) is 4.65. The molecule has 1 heterocycles. The number of para-hydroxylation sites is 1. The zero-order valence-electron chi connectivity index (χ0n) is 13.5. The Bertz CT molecular complexity index is 1070. The number of aromatic nitrogens is 1. The summed E-state index contributed by atoms with van der Waals surface area (Å²) in [5, 5.41) is 13.4. The van der Waals surface area contributed by atoms with Gasteiger partial charge in [0.15, 0.2) is 0 Å². The van der Waals surface area contributed by atoms with E-state index < -0.39 is 10.0 Å². The lowest BCUT2D eigenvalue weighted by Gasteiger charge is -2.12. The summed E-state index contributed by atoms with van der Waals surface area (Å²) in [7, 11) is -2.11. The first kappa shape index (κ1) is 16.9. The summed E-state index contributed by atoms with van der Waals surface area (Å²) >= 11 is 0. The maximum absolute atomic E-state index is 11.9. The molecule has 2 aromatic carbocycles. The molecule has 0 amide bonds. The Morgan fingerprint density at radius 2 is 1.96 bits per heavy atom. The van der Waals surface area contributed by atoms with Gasteiger partial charge in [0.25, 0.3) is 0 Å². The number of anilines is 1. The van der Waals surface area contributed by atoms with Gasteiger partial charge in [-0.1, -0.05) is 30.3 Å². The molecule has 0 atom stereocenters. The minimum absolute atomic E-state index is 0.203. The predicted molar refractivity (Wildman–Crippen MR) is 96.5 cm³/mol. The number of hydrogen-bond acceptors (Lipinski definition) is 5. The molecule has 126 valence electrons. The van der Waals surface area contributed by atoms with Crippen molar-refractivity contribution in [3.8, 4) is 6.07 Å². The first-order chi connectivity index (χ1) is 12.0. The molecule has 0 aliphatic rings. The Morgan fingerprint density at radius 1 is 1.16 bits per heavy atom. The van der Waals surface area contributed by atoms with Crippen LogP contribution in [0.5, 0.6) is 0 Å². The monoisotopic (exact) mass is 352 g/mol. The molecule has 7 heteroatoms. The number of benzene rings is 2. The molecule has 0 spiro atoms. The maximum Gasteiger partial charge on any atom is 0.240 e. The van der Waals surface area contributed by atoms with Crippen molar-refractivity contribution in [1.82, 2.24) is 9.71 Å². The van der Waals surface area contributed by atoms with Gasteiger partial charge in [0.2, 0.25) is 10.0 Å². The number of fused-ring (bicyclic) bond motifs is 1. The van der Waals surface area contributed by atoms with Crippen LogP contribution in [0.1, 0.15) is 11.1 Å². The van der Waals surface area contributed by atoms with E-state index in [-0.39, 0.29) is 4.90 Å². The Balaban J connectivity index is 1.94. The van der Waals surface area contributed by atoms with Crippen molar-refractivity contribution in [2.75, 3.05) is 12.4 Å². The highest BCUT2D eigenvalue weighted by molar-refractivity contribution is 7.89. The number of nitrogens with zero attached hydrogens (tertiary/aromatic N) is 2. The normalized spacial score (nSPS) is 11.2. The van der Waals surface area contributed by atoms with E-state index in [2.05, 4.69) is 21.1 Å². The van der Waals surface area contributed by atoms with E-state index in [1.165, 1.54) is 19.3 Å². The second-order valence-corrected chi connectivity index (χ2v) is 7.27. The molecule has 0 saturated carbocycles. The second kappa shape index (κ2) is 6.89. The number of sulfonamides is 1. The van der Waals surface area contributed by atoms with Gasteiger partial charge in [-0.05, 0) is 30.8 Å². The number of pyridine rings is 1. The molecule has 0 aliphatic heterocycles. The third kappa shape index (κ3) is 3.45. The number of nitrogens with one attached hydrogen (secondary N) is 2. The topological polar surface area (TPSA) is 94.9 Å². The van der Waals surface area contributed by atoms with Crippen molar-refractivity contribution in [2.24, 2.45) is 0 Å². The molecule has 25 heavy (non-hydrogen) atoms. The van der Waals surface area contributed by atoms with E-state index in [1.54, 1.807) is 12.1 Å². The summed E-state index contributed by atoms with van der Waals surface area (Å²) in [5.41, 5.74) is 2.71. The van der Waals surface area contributed by atoms with Gasteiger partial charge in [-0.2, -0.15) is 5.26 Å². The molecule has 6 nitrogen and oxygen atoms in total. The number of rotatable bonds is 5. The van der Waals surface area contributed by atoms with Crippen LogP contribution in [0.3, 0.4) is 0 Å². The van der Waals surface area contributed by atoms with Gasteiger partial charge < -0.3 is 5.32 Å². The van der Waals surface area contributed by atoms with Crippen molar-refractivity contribution < 1.29 is 8.42 Å². The molecule has 2 N–H and O–H groups in total. The van der Waals surface area contributed by atoms with Crippen LogP contribution in [0.4, 0.5) is 5.69 Å². The number of hydrogen-bond donors (Lipinski definition) is 2. The first-order valence-corrected chi connectivity index (χ1v) is 9.07. The molecule has 3 aromatic rings. The fourth-order valence-electron chi connectivity index (χ4n) is 2.55. The van der Waals surface area contributed by atoms with Crippen molar-refractivity contribution >= 4 is 26.6 Å². The van der Waals surface area contributed by atoms with E-state index in [0.717, 1.165) is 16.5 Å². The summed E-state index contributed by atoms with van der Waals surface area (Å²) in [6, 6.07) is 16.3. The van der Waals surface area contributed by atoms with Crippen LogP contribution in [0.25, 0.3) is 10.9 Å². The Labute approximate surface area is 146 Å². The highest BCUT2D eigenvalue weighted by Crippen LogP contribution is 2.26. The van der Waals surface area contributed by atoms with Crippen LogP contribution in [0.15, 0.2) is 59.6 Å². The van der Waals surface area contributed by atoms with E-state index in [1.807, 2.05) is 30.3 Å². The van der Waals surface area contributed by atoms with Gasteiger partial charge in [-0.3, -0.25) is 4.98 Å². The van der Waals surface area contributed by atoms with Crippen LogP contribution in [0, 0.1) is 11.3 Å². The van der Waals surface area contributed by atoms with Gasteiger partial charge >= 0.3 is 0 Å². The summed E-state index contributed by atoms with van der Waals surface area (Å²) in [5.74, 6) is 0. The molecule has 0 unspecified atom stereocenters. The van der Waals surface area contributed by atoms with Gasteiger partial charge in [-0.15, -0.1) is 0 Å². The van der Waals surface area contributed by atoms with E-state index in [4.69, 9.17) is 0 Å². The summed E-state index contributed by atoms with van der Waals surface area (Å²) in [6.07, 6.45) is 1.53. The average Bonchev–Trinajstić information content (AvgIpc) is 2.66. The Morgan fingerprint density at radius 3 is 2.72 bits per heavy atom. The Hall–Kier alpha value is -2.95. The van der Waals surface area contributed by atoms with Gasteiger partial charge in [0, 0.05) is 18.1 Å². The lowest BCUT2D eigenvalue weighted by molar-refractivity contribution is 0.588. The highest BCUT2D eigenvalue weighted by atomic mass is 32.2. The molecule has 0 saturated heterocycles. The van der Waals surface area contributed by atoms with Crippen LogP contribution in [0.2, 0.25) is 0 Å². The van der Waals surface area contributed by atoms with Crippen molar-refractivity contribution in [3.63, 3.8) is 0 Å². The molecular formula is C18H16N4O2S. The van der Waals surface area contributed by atoms with E-state index in [0.29, 0.717) is 17.8 Å². The summed E-state index contributed by atoms with van der Waals surface area (Å²) < 4.78 is 26.1. The fourth-order valence-corrected chi connectivity index (χ4v) is 3.35. The minimum Gasteiger partial charge on any atom is -0.379 e. The van der Waals surface area contributed by atoms with E-state index in [9.17, 15) is 13.7 Å². The summed E-state index contributed by atoms with van der Waals surface area (Å²) in [6.45, 7) is 0.385. The third-order valence-corrected chi connectivity index (χ3v) is 5.25. The SMILES string of the molecule is CNS(=O)(=O)c1cccc(CNc2c(C#N)cnc3ccccc23)c1. The number of nitriles is 1. The zero-order valence-corrected chi connectivity index (χ0v) is 14.3. The van der Waals surface area contributed by atoms with Crippen LogP contribution >= 0.6 is 0 Å². The van der Waals surface area contributed by atoms with Crippen molar-refractivity contribution in [1.29, 1.82) is 5.26 Å². The van der Waals surface area contributed by atoms with Crippen molar-refractivity contribution in [3.05, 3.63) is 65.9 Å². The van der Waals surface area contributed by atoms with Crippen LogP contribution in [-0.4, -0.2) is 20.4 Å². The maximum atomic E-state index is 11.9. The van der Waals surface area contributed by atoms with Gasteiger partial charge in [-0.25, -0.2) is 13.1 Å². The third-order valence-electron chi connectivity index (χ3n) is 3.84. The second-order valence-electron chi connectivity index (χ2n) is 5.38. The van der Waals surface area contributed by atoms with Crippen molar-refractivity contribution in [2.45, 2.75) is 11.4 Å². The molecule has 0 radical (unpaired) electrons. The smallest absolute Gasteiger partial charge is 0.240 e. The minimum atomic E-state index is -3.49. The quantitative estimate of drug-likeness (QED) is 0.736. The molecule has 0 aliphatic carbocycles. The molecule has 0 fully saturated rings. The largest absolute Gasteiger partial charge is 0.379 e. The lowest BCUT2D eigenvalue weighted by atomic mass is 10.1. The van der Waals surface area contributed by atoms with Gasteiger partial charge in [0.1, 0.15) is 6.07 Å². The average molecular weight is 352 g/mol. The lowest BCUT2D eigenvalue weighted by Crippen LogP contribution is -2.18. The van der Waals surface area contributed by atoms with E-state index >= 15 is 0 Å². The fraction of sp³-hybridized carbons (Fsp3) is 0.111. The molecular weight excluding hydrogens is 336 g/mol. The molecule has 3 rings (SSSR count). The van der Waals surface area contributed by atoms with Gasteiger partial charge in [0.05, 0.1) is 21.7 Å². The van der Waals surface area contributed by atoms with Crippen LogP contribution in [-0.2, 0) is 16.6 Å². The standard InChI is InChI=1S/C18H16N4O2S/c1-20-25(23,24)15-6-4-5-13(9-15)11-22-18-14(10-19)12-21-17-8-3-2-7-16(17)18/h2-9,12,20H,11H2,1H3,(H,21,22). The first-order valence-electron chi connectivity index (χ1n) is 7.59. The molecule has 1 aromatic heterocycles. The van der Waals surface area contributed by atoms with Crippen LogP contribution < -0.4 is 10.0 Å².